The molecule has 4 heteroatoms. The summed E-state index contributed by atoms with van der Waals surface area (Å²) < 4.78 is 0. The van der Waals surface area contributed by atoms with E-state index in [0.29, 0.717) is 0 Å². The van der Waals surface area contributed by atoms with Gasteiger partial charge in [0.25, 0.3) is 0 Å². The van der Waals surface area contributed by atoms with Gasteiger partial charge in [0.05, 0.1) is 0 Å². The van der Waals surface area contributed by atoms with Gasteiger partial charge in [0, 0.05) is 0 Å². The Morgan fingerprint density at radius 1 is 2.00 bits per heavy atom. The van der Waals surface area contributed by atoms with Crippen LogP contribution in [-0.2, 0) is 24.1 Å². The Hall–Kier alpha value is 0.960. The lowest BCUT2D eigenvalue weighted by Gasteiger charge is -2.29. The topological polar surface area (TPSA) is 23.1 Å². The lowest BCUT2D eigenvalue weighted by Crippen LogP contribution is -1.91. The predicted octanol–water partition coefficient (Wildman–Crippen LogP) is -0.167. The van der Waals surface area contributed by atoms with Crippen molar-refractivity contribution < 1.29 is 4.89 Å². The average molecular weight is 126 g/mol. The molecule has 1 nitrogen and oxygen atoms in total. The summed E-state index contributed by atoms with van der Waals surface area (Å²) in [7, 11) is 0. The first-order valence-corrected chi connectivity index (χ1v) is 5.18. The second kappa shape index (κ2) is 1.61. The van der Waals surface area contributed by atoms with Gasteiger partial charge in [-0.1, -0.05) is 6.66 Å². The van der Waals surface area contributed by atoms with E-state index in [-0.39, 0.29) is 0 Å². The SMILES string of the molecule is CP([O-])(=S)[S-]. The third-order valence-electron chi connectivity index (χ3n) is 0. The van der Waals surface area contributed by atoms with Gasteiger partial charge in [-0.3, -0.25) is 5.47 Å². The first-order chi connectivity index (χ1) is 2.00. The van der Waals surface area contributed by atoms with Crippen LogP contribution in [0.3, 0.4) is 0 Å². The molecule has 1 atom stereocenters. The normalized spacial score (nSPS) is 21.4. The van der Waals surface area contributed by atoms with Crippen LogP contribution in [0, 0.1) is 0 Å². The minimum absolute atomic E-state index is 1.37. The molecule has 1 unspecified atom stereocenters. The summed E-state index contributed by atoms with van der Waals surface area (Å²) in [5.41, 5.74) is -2.47. The smallest absolute Gasteiger partial charge is 0.0697 e. The van der Waals surface area contributed by atoms with Crippen molar-refractivity contribution in [2.45, 2.75) is 0 Å². The first kappa shape index (κ1) is 5.96. The molecule has 5 heavy (non-hydrogen) atoms. The summed E-state index contributed by atoms with van der Waals surface area (Å²) in [5.74, 6) is 0. The Morgan fingerprint density at radius 2 is 2.00 bits per heavy atom. The van der Waals surface area contributed by atoms with Crippen molar-refractivity contribution in [3.05, 3.63) is 0 Å². The summed E-state index contributed by atoms with van der Waals surface area (Å²) in [5, 5.41) is 0. The standard InChI is InChI=1S/CH5OPS2/c1-3(2,4)5/h1H3,(H2,2,4,5)/p-2. The predicted molar refractivity (Wildman–Crippen MR) is 27.6 cm³/mol. The molecular formula is CH3OPS2-2. The van der Waals surface area contributed by atoms with E-state index in [1.807, 2.05) is 0 Å². The molecule has 32 valence electrons. The minimum atomic E-state index is -2.47. The van der Waals surface area contributed by atoms with Gasteiger partial charge in [-0.05, 0) is 0 Å². The van der Waals surface area contributed by atoms with E-state index in [9.17, 15) is 4.89 Å². The summed E-state index contributed by atoms with van der Waals surface area (Å²) in [6, 6.07) is 0. The number of rotatable bonds is 0. The van der Waals surface area contributed by atoms with Crippen molar-refractivity contribution in [2.75, 3.05) is 6.66 Å². The van der Waals surface area contributed by atoms with E-state index in [1.165, 1.54) is 6.66 Å². The minimum Gasteiger partial charge on any atom is -0.838 e. The molecule has 0 aliphatic carbocycles. The van der Waals surface area contributed by atoms with Gasteiger partial charge in [-0.2, -0.15) is 0 Å². The molecule has 0 amide bonds. The fourth-order valence-electron chi connectivity index (χ4n) is 0. The van der Waals surface area contributed by atoms with Gasteiger partial charge in [0.2, 0.25) is 0 Å². The van der Waals surface area contributed by atoms with Crippen LogP contribution in [0.2, 0.25) is 0 Å². The van der Waals surface area contributed by atoms with Crippen molar-refractivity contribution in [1.82, 2.24) is 0 Å². The Morgan fingerprint density at radius 3 is 2.00 bits per heavy atom. The fourth-order valence-corrected chi connectivity index (χ4v) is 0. The van der Waals surface area contributed by atoms with Crippen molar-refractivity contribution in [2.24, 2.45) is 0 Å². The highest BCUT2D eigenvalue weighted by Crippen LogP contribution is 2.24. The van der Waals surface area contributed by atoms with E-state index in [1.54, 1.807) is 0 Å². The van der Waals surface area contributed by atoms with Crippen LogP contribution < -0.4 is 4.89 Å². The van der Waals surface area contributed by atoms with Crippen molar-refractivity contribution >= 4 is 29.5 Å². The molecule has 0 N–H and O–H groups in total. The largest absolute Gasteiger partial charge is 0.838 e. The molecule has 0 spiro atoms. The van der Waals surface area contributed by atoms with Gasteiger partial charge < -0.3 is 17.1 Å². The Bertz CT molecular complexity index is 55.8. The zero-order valence-electron chi connectivity index (χ0n) is 2.67. The van der Waals surface area contributed by atoms with E-state index in [4.69, 9.17) is 0 Å². The van der Waals surface area contributed by atoms with Crippen molar-refractivity contribution in [3.63, 3.8) is 0 Å². The Balaban J connectivity index is 3.47. The first-order valence-electron chi connectivity index (χ1n) is 0.995. The highest BCUT2D eigenvalue weighted by atomic mass is 32.9. The van der Waals surface area contributed by atoms with Gasteiger partial charge in [-0.25, -0.2) is 0 Å². The third-order valence-corrected chi connectivity index (χ3v) is 0. The molecule has 0 bridgehead atoms. The maximum atomic E-state index is 9.84. The van der Waals surface area contributed by atoms with Crippen LogP contribution in [0.5, 0.6) is 0 Å². The van der Waals surface area contributed by atoms with Gasteiger partial charge in [0.15, 0.2) is 0 Å². The molecule has 0 aromatic carbocycles. The molecule has 0 aromatic heterocycles. The second-order valence-corrected chi connectivity index (χ2v) is 7.19. The maximum absolute atomic E-state index is 9.84. The summed E-state index contributed by atoms with van der Waals surface area (Å²) in [6.07, 6.45) is 0. The number of hydrogen-bond donors (Lipinski definition) is 0. The molecular weight excluding hydrogens is 123 g/mol. The molecule has 0 radical (unpaired) electrons. The lowest BCUT2D eigenvalue weighted by molar-refractivity contribution is -0.153. The van der Waals surface area contributed by atoms with E-state index in [0.717, 1.165) is 0 Å². The van der Waals surface area contributed by atoms with E-state index >= 15 is 0 Å². The molecule has 0 aliphatic rings. The molecule has 0 saturated carbocycles. The highest BCUT2D eigenvalue weighted by Gasteiger charge is 1.53. The molecule has 0 aliphatic heterocycles. The maximum Gasteiger partial charge on any atom is -0.0697 e. The average Bonchev–Trinajstić information content (AvgIpc) is 0.722. The lowest BCUT2D eigenvalue weighted by atomic mass is 12.0. The van der Waals surface area contributed by atoms with Gasteiger partial charge in [0.1, 0.15) is 0 Å². The van der Waals surface area contributed by atoms with Crippen LogP contribution in [0.15, 0.2) is 0 Å². The van der Waals surface area contributed by atoms with Crippen LogP contribution in [0.1, 0.15) is 0 Å². The molecule has 0 saturated heterocycles. The molecule has 0 rings (SSSR count). The summed E-state index contributed by atoms with van der Waals surface area (Å²) in [4.78, 5) is 9.84. The van der Waals surface area contributed by atoms with Crippen LogP contribution >= 0.6 is 5.47 Å². The Kier molecular flexibility index (Phi) is 1.91. The van der Waals surface area contributed by atoms with Gasteiger partial charge >= 0.3 is 0 Å². The van der Waals surface area contributed by atoms with Crippen molar-refractivity contribution in [3.8, 4) is 0 Å². The van der Waals surface area contributed by atoms with Gasteiger partial charge in [-0.15, -0.1) is 11.8 Å². The highest BCUT2D eigenvalue weighted by molar-refractivity contribution is 8.52. The summed E-state index contributed by atoms with van der Waals surface area (Å²) in [6.45, 7) is 1.37. The summed E-state index contributed by atoms with van der Waals surface area (Å²) >= 11 is 8.39. The van der Waals surface area contributed by atoms with Crippen molar-refractivity contribution in [1.29, 1.82) is 0 Å². The number of hydrogen-bond acceptors (Lipinski definition) is 3. The zero-order chi connectivity index (χ0) is 4.50. The quantitative estimate of drug-likeness (QED) is 0.332. The van der Waals surface area contributed by atoms with E-state index < -0.39 is 5.47 Å². The Labute approximate surface area is 41.6 Å². The third kappa shape index (κ3) is 47.2. The van der Waals surface area contributed by atoms with E-state index in [2.05, 4.69) is 24.1 Å². The van der Waals surface area contributed by atoms with Crippen LogP contribution in [0.4, 0.5) is 0 Å². The molecule has 0 heterocycles. The van der Waals surface area contributed by atoms with Crippen LogP contribution in [-0.4, -0.2) is 6.66 Å². The second-order valence-electron chi connectivity index (χ2n) is 0.771. The molecule has 0 fully saturated rings. The zero-order valence-corrected chi connectivity index (χ0v) is 5.20. The fraction of sp³-hybridized carbons (Fsp3) is 1.00. The molecule has 0 aromatic rings. The van der Waals surface area contributed by atoms with Crippen LogP contribution in [0.25, 0.3) is 0 Å². The monoisotopic (exact) mass is 126 g/mol.